The molecule has 0 radical (unpaired) electrons. The first-order valence-corrected chi connectivity index (χ1v) is 7.56. The number of halogens is 1. The first kappa shape index (κ1) is 16.4. The molecule has 0 amide bonds. The molecule has 1 aromatic rings. The minimum absolute atomic E-state index is 0.0190. The molecular weight excluding hydrogens is 340 g/mol. The number of nitrogens with zero attached hydrogens (tertiary/aromatic N) is 1. The number of benzene rings is 1. The third-order valence-electron chi connectivity index (χ3n) is 3.22. The Morgan fingerprint density at radius 1 is 1.57 bits per heavy atom. The van der Waals surface area contributed by atoms with E-state index in [1.807, 2.05) is 13.8 Å². The van der Waals surface area contributed by atoms with Crippen molar-refractivity contribution in [2.75, 3.05) is 19.7 Å². The van der Waals surface area contributed by atoms with Gasteiger partial charge in [-0.3, -0.25) is 10.1 Å². The molecule has 1 N–H and O–H groups in total. The Kier molecular flexibility index (Phi) is 5.32. The molecule has 1 heterocycles. The summed E-state index contributed by atoms with van der Waals surface area (Å²) >= 11 is 3.33. The number of hydrogen-bond donors (Lipinski definition) is 1. The maximum absolute atomic E-state index is 10.7. The summed E-state index contributed by atoms with van der Waals surface area (Å²) in [5.74, 6) is 0. The lowest BCUT2D eigenvalue weighted by Gasteiger charge is -2.36. The zero-order valence-corrected chi connectivity index (χ0v) is 13.7. The van der Waals surface area contributed by atoms with Gasteiger partial charge in [-0.25, -0.2) is 0 Å². The zero-order valence-electron chi connectivity index (χ0n) is 12.1. The Hall–Kier alpha value is -1.02. The summed E-state index contributed by atoms with van der Waals surface area (Å²) in [5.41, 5.74) is 0.760. The van der Waals surface area contributed by atoms with Crippen LogP contribution in [0.25, 0.3) is 0 Å². The molecule has 21 heavy (non-hydrogen) atoms. The zero-order chi connectivity index (χ0) is 15.5. The summed E-state index contributed by atoms with van der Waals surface area (Å²) in [6.07, 6.45) is 0.0190. The topological polar surface area (TPSA) is 73.6 Å². The van der Waals surface area contributed by atoms with Gasteiger partial charge in [0.1, 0.15) is 0 Å². The van der Waals surface area contributed by atoms with Crippen LogP contribution in [-0.2, 0) is 16.1 Å². The largest absolute Gasteiger partial charge is 0.374 e. The van der Waals surface area contributed by atoms with Crippen LogP contribution in [0, 0.1) is 10.1 Å². The summed E-state index contributed by atoms with van der Waals surface area (Å²) in [6, 6.07) is 4.66. The van der Waals surface area contributed by atoms with Crippen LogP contribution in [0.2, 0.25) is 0 Å². The lowest BCUT2D eigenvalue weighted by atomic mass is 10.1. The van der Waals surface area contributed by atoms with E-state index < -0.39 is 4.92 Å². The van der Waals surface area contributed by atoms with Crippen LogP contribution in [0.15, 0.2) is 22.7 Å². The molecule has 1 aromatic carbocycles. The van der Waals surface area contributed by atoms with Gasteiger partial charge in [-0.15, -0.1) is 0 Å². The standard InChI is InChI=1S/C14H19BrN2O4/c1-14(2)9-16-6-12(21-14)8-20-7-10-3-4-11(17(18)19)5-13(10)15/h3-5,12,16H,6-9H2,1-2H3. The molecule has 7 heteroatoms. The summed E-state index contributed by atoms with van der Waals surface area (Å²) < 4.78 is 12.3. The van der Waals surface area contributed by atoms with Crippen LogP contribution in [0.1, 0.15) is 19.4 Å². The predicted molar refractivity (Wildman–Crippen MR) is 82.3 cm³/mol. The molecule has 1 saturated heterocycles. The van der Waals surface area contributed by atoms with Crippen LogP contribution < -0.4 is 5.32 Å². The van der Waals surface area contributed by atoms with Gasteiger partial charge in [0, 0.05) is 29.7 Å². The molecule has 1 aliphatic heterocycles. The molecule has 0 aromatic heterocycles. The first-order chi connectivity index (χ1) is 9.87. The smallest absolute Gasteiger partial charge is 0.270 e. The number of morpholine rings is 1. The molecule has 2 rings (SSSR count). The van der Waals surface area contributed by atoms with Gasteiger partial charge in [0.25, 0.3) is 5.69 Å². The minimum Gasteiger partial charge on any atom is -0.374 e. The molecule has 116 valence electrons. The van der Waals surface area contributed by atoms with E-state index in [0.29, 0.717) is 17.7 Å². The van der Waals surface area contributed by atoms with Crippen molar-refractivity contribution in [2.45, 2.75) is 32.2 Å². The fourth-order valence-corrected chi connectivity index (χ4v) is 2.71. The van der Waals surface area contributed by atoms with Crippen molar-refractivity contribution in [3.8, 4) is 0 Å². The van der Waals surface area contributed by atoms with E-state index in [1.54, 1.807) is 6.07 Å². The van der Waals surface area contributed by atoms with E-state index in [2.05, 4.69) is 21.2 Å². The molecule has 6 nitrogen and oxygen atoms in total. The van der Waals surface area contributed by atoms with Crippen LogP contribution in [0.3, 0.4) is 0 Å². The average molecular weight is 359 g/mol. The predicted octanol–water partition coefficient (Wildman–Crippen LogP) is 2.64. The fourth-order valence-electron chi connectivity index (χ4n) is 2.23. The Labute approximate surface area is 132 Å². The van der Waals surface area contributed by atoms with Crippen molar-refractivity contribution >= 4 is 21.6 Å². The average Bonchev–Trinajstić information content (AvgIpc) is 2.39. The fraction of sp³-hybridized carbons (Fsp3) is 0.571. The van der Waals surface area contributed by atoms with Gasteiger partial charge in [0.2, 0.25) is 0 Å². The minimum atomic E-state index is -0.418. The van der Waals surface area contributed by atoms with Crippen molar-refractivity contribution < 1.29 is 14.4 Å². The van der Waals surface area contributed by atoms with Crippen LogP contribution in [-0.4, -0.2) is 36.3 Å². The molecule has 1 fully saturated rings. The lowest BCUT2D eigenvalue weighted by Crippen LogP contribution is -2.51. The number of nitro benzene ring substituents is 1. The number of nitrogens with one attached hydrogen (secondary N) is 1. The highest BCUT2D eigenvalue weighted by Gasteiger charge is 2.28. The maximum Gasteiger partial charge on any atom is 0.270 e. The second-order valence-corrected chi connectivity index (χ2v) is 6.53. The summed E-state index contributed by atoms with van der Waals surface area (Å²) in [7, 11) is 0. The van der Waals surface area contributed by atoms with Crippen molar-refractivity contribution in [1.29, 1.82) is 0 Å². The first-order valence-electron chi connectivity index (χ1n) is 6.76. The van der Waals surface area contributed by atoms with Crippen molar-refractivity contribution in [2.24, 2.45) is 0 Å². The molecule has 1 atom stereocenters. The molecule has 0 spiro atoms. The molecule has 1 unspecified atom stereocenters. The van der Waals surface area contributed by atoms with E-state index >= 15 is 0 Å². The number of nitro groups is 1. The molecular formula is C14H19BrN2O4. The SMILES string of the molecule is CC1(C)CNCC(COCc2ccc([N+](=O)[O-])cc2Br)O1. The van der Waals surface area contributed by atoms with Crippen molar-refractivity contribution in [1.82, 2.24) is 5.32 Å². The Balaban J connectivity index is 1.85. The third-order valence-corrected chi connectivity index (χ3v) is 3.96. The van der Waals surface area contributed by atoms with E-state index in [1.165, 1.54) is 12.1 Å². The summed E-state index contributed by atoms with van der Waals surface area (Å²) in [4.78, 5) is 10.3. The Morgan fingerprint density at radius 2 is 2.33 bits per heavy atom. The Bertz CT molecular complexity index is 522. The molecule has 0 bridgehead atoms. The highest BCUT2D eigenvalue weighted by Crippen LogP contribution is 2.24. The van der Waals surface area contributed by atoms with Crippen LogP contribution in [0.5, 0.6) is 0 Å². The quantitative estimate of drug-likeness (QED) is 0.646. The molecule has 0 saturated carbocycles. The van der Waals surface area contributed by atoms with Crippen LogP contribution in [0.4, 0.5) is 5.69 Å². The van der Waals surface area contributed by atoms with E-state index in [4.69, 9.17) is 9.47 Å². The highest BCUT2D eigenvalue weighted by atomic mass is 79.9. The highest BCUT2D eigenvalue weighted by molar-refractivity contribution is 9.10. The summed E-state index contributed by atoms with van der Waals surface area (Å²) in [6.45, 7) is 6.55. The monoisotopic (exact) mass is 358 g/mol. The van der Waals surface area contributed by atoms with E-state index in [9.17, 15) is 10.1 Å². The third kappa shape index (κ3) is 4.74. The number of rotatable bonds is 5. The molecule has 0 aliphatic carbocycles. The second-order valence-electron chi connectivity index (χ2n) is 5.68. The lowest BCUT2D eigenvalue weighted by molar-refractivity contribution is -0.384. The van der Waals surface area contributed by atoms with Gasteiger partial charge >= 0.3 is 0 Å². The van der Waals surface area contributed by atoms with Crippen molar-refractivity contribution in [3.05, 3.63) is 38.3 Å². The maximum atomic E-state index is 10.7. The van der Waals surface area contributed by atoms with Crippen molar-refractivity contribution in [3.63, 3.8) is 0 Å². The van der Waals surface area contributed by atoms with Gasteiger partial charge in [-0.2, -0.15) is 0 Å². The number of non-ortho nitro benzene ring substituents is 1. The van der Waals surface area contributed by atoms with Crippen LogP contribution >= 0.6 is 15.9 Å². The second kappa shape index (κ2) is 6.83. The van der Waals surface area contributed by atoms with E-state index in [0.717, 1.165) is 18.7 Å². The number of hydrogen-bond acceptors (Lipinski definition) is 5. The van der Waals surface area contributed by atoms with Gasteiger partial charge < -0.3 is 14.8 Å². The number of ether oxygens (including phenoxy) is 2. The van der Waals surface area contributed by atoms with Gasteiger partial charge in [0.05, 0.1) is 29.8 Å². The van der Waals surface area contributed by atoms with E-state index in [-0.39, 0.29) is 17.4 Å². The molecule has 1 aliphatic rings. The van der Waals surface area contributed by atoms with Gasteiger partial charge in [0.15, 0.2) is 0 Å². The Morgan fingerprint density at radius 3 is 2.95 bits per heavy atom. The normalized spacial score (nSPS) is 21.2. The summed E-state index contributed by atoms with van der Waals surface area (Å²) in [5, 5.41) is 14.0. The van der Waals surface area contributed by atoms with Gasteiger partial charge in [-0.1, -0.05) is 15.9 Å². The van der Waals surface area contributed by atoms with Gasteiger partial charge in [-0.05, 0) is 25.5 Å².